The van der Waals surface area contributed by atoms with Crippen molar-refractivity contribution in [2.75, 3.05) is 39.3 Å². The van der Waals surface area contributed by atoms with Gasteiger partial charge in [0.05, 0.1) is 5.92 Å². The number of hydrogen-bond acceptors (Lipinski definition) is 4. The molecule has 2 rings (SSSR count). The summed E-state index contributed by atoms with van der Waals surface area (Å²) >= 11 is 0. The van der Waals surface area contributed by atoms with Crippen LogP contribution in [0.1, 0.15) is 19.8 Å². The number of piperazine rings is 1. The smallest absolute Gasteiger partial charge is 0.307 e. The largest absolute Gasteiger partial charge is 0.481 e. The highest BCUT2D eigenvalue weighted by molar-refractivity contribution is 5.81. The maximum absolute atomic E-state index is 12.1. The van der Waals surface area contributed by atoms with Crippen LogP contribution in [0.2, 0.25) is 0 Å². The molecule has 2 atom stereocenters. The Morgan fingerprint density at radius 3 is 2.53 bits per heavy atom. The van der Waals surface area contributed by atoms with Crippen molar-refractivity contribution in [1.29, 1.82) is 0 Å². The molecular formula is C13H22N2O4. The highest BCUT2D eigenvalue weighted by Crippen LogP contribution is 2.16. The van der Waals surface area contributed by atoms with Crippen LogP contribution in [0.4, 0.5) is 0 Å². The summed E-state index contributed by atoms with van der Waals surface area (Å²) in [5.41, 5.74) is 0. The fraction of sp³-hybridized carbons (Fsp3) is 0.846. The van der Waals surface area contributed by atoms with Gasteiger partial charge in [-0.15, -0.1) is 0 Å². The van der Waals surface area contributed by atoms with E-state index in [-0.39, 0.29) is 17.9 Å². The second kappa shape index (κ2) is 6.34. The summed E-state index contributed by atoms with van der Waals surface area (Å²) in [6.07, 6.45) is 1.55. The van der Waals surface area contributed by atoms with Crippen LogP contribution in [0.3, 0.4) is 0 Å². The molecule has 0 radical (unpaired) electrons. The third kappa shape index (κ3) is 3.67. The Morgan fingerprint density at radius 1 is 1.32 bits per heavy atom. The van der Waals surface area contributed by atoms with Gasteiger partial charge in [0, 0.05) is 39.3 Å². The third-order valence-electron chi connectivity index (χ3n) is 3.84. The molecule has 0 aromatic rings. The Morgan fingerprint density at radius 2 is 2.00 bits per heavy atom. The summed E-state index contributed by atoms with van der Waals surface area (Å²) in [5, 5.41) is 8.89. The number of rotatable bonds is 4. The molecule has 6 nitrogen and oxygen atoms in total. The van der Waals surface area contributed by atoms with Gasteiger partial charge >= 0.3 is 5.97 Å². The van der Waals surface area contributed by atoms with Gasteiger partial charge in [-0.3, -0.25) is 14.5 Å². The number of hydrogen-bond donors (Lipinski definition) is 1. The summed E-state index contributed by atoms with van der Waals surface area (Å²) in [4.78, 5) is 26.9. The van der Waals surface area contributed by atoms with E-state index in [4.69, 9.17) is 9.84 Å². The molecule has 2 unspecified atom stereocenters. The minimum Gasteiger partial charge on any atom is -0.481 e. The van der Waals surface area contributed by atoms with Crippen molar-refractivity contribution in [3.63, 3.8) is 0 Å². The molecule has 6 heteroatoms. The molecular weight excluding hydrogens is 248 g/mol. The van der Waals surface area contributed by atoms with Crippen molar-refractivity contribution in [3.05, 3.63) is 0 Å². The van der Waals surface area contributed by atoms with Gasteiger partial charge < -0.3 is 14.7 Å². The number of carboxylic acid groups (broad SMARTS) is 1. The molecule has 1 N–H and O–H groups in total. The van der Waals surface area contributed by atoms with E-state index >= 15 is 0 Å². The molecule has 0 aromatic heterocycles. The van der Waals surface area contributed by atoms with Gasteiger partial charge in [-0.25, -0.2) is 0 Å². The highest BCUT2D eigenvalue weighted by Gasteiger charge is 2.30. The summed E-state index contributed by atoms with van der Waals surface area (Å²) in [5.74, 6) is -1.03. The topological polar surface area (TPSA) is 70.1 Å². The minimum atomic E-state index is -0.766. The second-order valence-corrected chi connectivity index (χ2v) is 5.37. The fourth-order valence-electron chi connectivity index (χ4n) is 2.59. The van der Waals surface area contributed by atoms with E-state index in [2.05, 4.69) is 4.90 Å². The van der Waals surface area contributed by atoms with Crippen molar-refractivity contribution < 1.29 is 19.4 Å². The lowest BCUT2D eigenvalue weighted by Gasteiger charge is -2.36. The average Bonchev–Trinajstić information content (AvgIpc) is 2.92. The van der Waals surface area contributed by atoms with Crippen LogP contribution in [0, 0.1) is 5.92 Å². The molecule has 2 heterocycles. The molecule has 0 bridgehead atoms. The lowest BCUT2D eigenvalue weighted by molar-refractivity contribution is -0.145. The van der Waals surface area contributed by atoms with Crippen LogP contribution in [0.5, 0.6) is 0 Å². The standard InChI is InChI=1S/C13H22N2O4/c1-10(13(17)18)9-14-4-6-15(7-5-14)12(16)11-3-2-8-19-11/h10-11H,2-9H2,1H3,(H,17,18). The molecule has 2 aliphatic heterocycles. The van der Waals surface area contributed by atoms with E-state index in [1.54, 1.807) is 6.92 Å². The Balaban J connectivity index is 1.75. The Bertz CT molecular complexity index is 334. The van der Waals surface area contributed by atoms with E-state index in [0.717, 1.165) is 25.9 Å². The van der Waals surface area contributed by atoms with Crippen LogP contribution in [0.15, 0.2) is 0 Å². The van der Waals surface area contributed by atoms with E-state index in [1.165, 1.54) is 0 Å². The molecule has 2 fully saturated rings. The van der Waals surface area contributed by atoms with Crippen molar-refractivity contribution >= 4 is 11.9 Å². The van der Waals surface area contributed by atoms with Crippen LogP contribution < -0.4 is 0 Å². The minimum absolute atomic E-state index is 0.100. The molecule has 0 spiro atoms. The summed E-state index contributed by atoms with van der Waals surface area (Å²) in [7, 11) is 0. The van der Waals surface area contributed by atoms with E-state index in [0.29, 0.717) is 26.2 Å². The van der Waals surface area contributed by atoms with Crippen molar-refractivity contribution in [1.82, 2.24) is 9.80 Å². The summed E-state index contributed by atoms with van der Waals surface area (Å²) in [6, 6.07) is 0. The number of carbonyl (C=O) groups is 2. The van der Waals surface area contributed by atoms with Gasteiger partial charge in [-0.05, 0) is 12.8 Å². The van der Waals surface area contributed by atoms with E-state index < -0.39 is 5.97 Å². The average molecular weight is 270 g/mol. The maximum atomic E-state index is 12.1. The summed E-state index contributed by atoms with van der Waals surface area (Å²) in [6.45, 7) is 5.79. The molecule has 0 aromatic carbocycles. The molecule has 2 saturated heterocycles. The van der Waals surface area contributed by atoms with Crippen molar-refractivity contribution in [2.24, 2.45) is 5.92 Å². The SMILES string of the molecule is CC(CN1CCN(C(=O)C2CCCO2)CC1)C(=O)O. The Hall–Kier alpha value is -1.14. The van der Waals surface area contributed by atoms with Crippen LogP contribution in [0.25, 0.3) is 0 Å². The van der Waals surface area contributed by atoms with Crippen LogP contribution in [-0.4, -0.2) is 72.2 Å². The quantitative estimate of drug-likeness (QED) is 0.780. The second-order valence-electron chi connectivity index (χ2n) is 5.37. The molecule has 0 aliphatic carbocycles. The molecule has 1 amide bonds. The molecule has 2 aliphatic rings. The van der Waals surface area contributed by atoms with Crippen molar-refractivity contribution in [3.8, 4) is 0 Å². The number of carboxylic acids is 1. The molecule has 0 saturated carbocycles. The first-order valence-electron chi connectivity index (χ1n) is 6.93. The first-order valence-corrected chi connectivity index (χ1v) is 6.93. The van der Waals surface area contributed by atoms with Gasteiger partial charge in [-0.2, -0.15) is 0 Å². The van der Waals surface area contributed by atoms with Gasteiger partial charge in [-0.1, -0.05) is 6.92 Å². The number of carbonyl (C=O) groups excluding carboxylic acids is 1. The van der Waals surface area contributed by atoms with Crippen LogP contribution >= 0.6 is 0 Å². The van der Waals surface area contributed by atoms with Crippen LogP contribution in [-0.2, 0) is 14.3 Å². The number of nitrogens with zero attached hydrogens (tertiary/aromatic N) is 2. The number of aliphatic carboxylic acids is 1. The lowest BCUT2D eigenvalue weighted by Crippen LogP contribution is -2.52. The highest BCUT2D eigenvalue weighted by atomic mass is 16.5. The zero-order chi connectivity index (χ0) is 13.8. The van der Waals surface area contributed by atoms with Crippen molar-refractivity contribution in [2.45, 2.75) is 25.9 Å². The predicted molar refractivity (Wildman–Crippen MR) is 68.8 cm³/mol. The first-order chi connectivity index (χ1) is 9.08. The van der Waals surface area contributed by atoms with Gasteiger partial charge in [0.25, 0.3) is 5.91 Å². The first kappa shape index (κ1) is 14.3. The molecule has 108 valence electrons. The lowest BCUT2D eigenvalue weighted by atomic mass is 10.1. The van der Waals surface area contributed by atoms with Gasteiger partial charge in [0.1, 0.15) is 6.10 Å². The normalized spacial score (nSPS) is 26.4. The number of ether oxygens (including phenoxy) is 1. The zero-order valence-corrected chi connectivity index (χ0v) is 11.4. The van der Waals surface area contributed by atoms with Gasteiger partial charge in [0.15, 0.2) is 0 Å². The summed E-state index contributed by atoms with van der Waals surface area (Å²) < 4.78 is 5.41. The Kier molecular flexibility index (Phi) is 4.76. The van der Waals surface area contributed by atoms with E-state index in [9.17, 15) is 9.59 Å². The maximum Gasteiger partial charge on any atom is 0.307 e. The zero-order valence-electron chi connectivity index (χ0n) is 11.4. The third-order valence-corrected chi connectivity index (χ3v) is 3.84. The number of amides is 1. The van der Waals surface area contributed by atoms with E-state index in [1.807, 2.05) is 4.90 Å². The molecule has 19 heavy (non-hydrogen) atoms. The Labute approximate surface area is 113 Å². The fourth-order valence-corrected chi connectivity index (χ4v) is 2.59. The monoisotopic (exact) mass is 270 g/mol. The van der Waals surface area contributed by atoms with Gasteiger partial charge in [0.2, 0.25) is 0 Å². The predicted octanol–water partition coefficient (Wildman–Crippen LogP) is 0.0303.